The van der Waals surface area contributed by atoms with Gasteiger partial charge in [0.05, 0.1) is 13.5 Å². The van der Waals surface area contributed by atoms with E-state index >= 15 is 0 Å². The first kappa shape index (κ1) is 12.6. The van der Waals surface area contributed by atoms with Crippen LogP contribution in [0.4, 0.5) is 13.2 Å². The fraction of sp³-hybridized carbons (Fsp3) is 0.571. The van der Waals surface area contributed by atoms with Gasteiger partial charge in [0.2, 0.25) is 5.78 Å². The van der Waals surface area contributed by atoms with Crippen LogP contribution in [-0.4, -0.2) is 30.8 Å². The SMILES string of the molecule is COC(=O)CC(=O)CC(=O)C(F)(F)F. The number of alkyl halides is 3. The molecule has 0 spiro atoms. The van der Waals surface area contributed by atoms with Crippen molar-refractivity contribution in [3.8, 4) is 0 Å². The summed E-state index contributed by atoms with van der Waals surface area (Å²) >= 11 is 0. The molecule has 0 aromatic carbocycles. The van der Waals surface area contributed by atoms with Gasteiger partial charge in [0, 0.05) is 0 Å². The zero-order valence-corrected chi connectivity index (χ0v) is 7.18. The van der Waals surface area contributed by atoms with E-state index in [4.69, 9.17) is 0 Å². The third-order valence-corrected chi connectivity index (χ3v) is 1.24. The third-order valence-electron chi connectivity index (χ3n) is 1.24. The molecule has 0 saturated heterocycles. The molecule has 0 saturated carbocycles. The lowest BCUT2D eigenvalue weighted by Crippen LogP contribution is -2.26. The second-order valence-electron chi connectivity index (χ2n) is 2.39. The molecule has 0 atom stereocenters. The Kier molecular flexibility index (Phi) is 4.26. The van der Waals surface area contributed by atoms with Crippen molar-refractivity contribution in [1.82, 2.24) is 0 Å². The van der Waals surface area contributed by atoms with Crippen LogP contribution < -0.4 is 0 Å². The van der Waals surface area contributed by atoms with Crippen LogP contribution >= 0.6 is 0 Å². The van der Waals surface area contributed by atoms with E-state index in [2.05, 4.69) is 4.74 Å². The predicted octanol–water partition coefficient (Wildman–Crippen LogP) is 0.640. The van der Waals surface area contributed by atoms with Crippen molar-refractivity contribution >= 4 is 17.5 Å². The highest BCUT2D eigenvalue weighted by Crippen LogP contribution is 2.18. The summed E-state index contributed by atoms with van der Waals surface area (Å²) in [6.45, 7) is 0. The summed E-state index contributed by atoms with van der Waals surface area (Å²) in [6, 6.07) is 0. The van der Waals surface area contributed by atoms with Crippen molar-refractivity contribution < 1.29 is 32.3 Å². The summed E-state index contributed by atoms with van der Waals surface area (Å²) in [5, 5.41) is 0. The Bertz CT molecular complexity index is 256. The maximum atomic E-state index is 11.6. The van der Waals surface area contributed by atoms with Gasteiger partial charge in [0.15, 0.2) is 5.78 Å². The van der Waals surface area contributed by atoms with Crippen molar-refractivity contribution in [1.29, 1.82) is 0 Å². The molecule has 0 N–H and O–H groups in total. The number of Topliss-reactive ketones (excluding diaryl/α,β-unsaturated/α-hetero) is 2. The van der Waals surface area contributed by atoms with E-state index in [0.29, 0.717) is 0 Å². The van der Waals surface area contributed by atoms with Crippen molar-refractivity contribution in [2.45, 2.75) is 19.0 Å². The topological polar surface area (TPSA) is 60.4 Å². The first-order valence-electron chi connectivity index (χ1n) is 3.46. The number of ether oxygens (including phenoxy) is 1. The monoisotopic (exact) mass is 212 g/mol. The second kappa shape index (κ2) is 4.73. The molecule has 14 heavy (non-hydrogen) atoms. The number of halogens is 3. The van der Waals surface area contributed by atoms with Gasteiger partial charge in [0.25, 0.3) is 0 Å². The highest BCUT2D eigenvalue weighted by atomic mass is 19.4. The number of rotatable bonds is 4. The molecule has 80 valence electrons. The lowest BCUT2D eigenvalue weighted by molar-refractivity contribution is -0.172. The molecule has 4 nitrogen and oxygen atoms in total. The van der Waals surface area contributed by atoms with Crippen LogP contribution in [0.1, 0.15) is 12.8 Å². The smallest absolute Gasteiger partial charge is 0.450 e. The molecule has 0 heterocycles. The third kappa shape index (κ3) is 4.58. The normalized spacial score (nSPS) is 10.9. The van der Waals surface area contributed by atoms with Gasteiger partial charge in [-0.2, -0.15) is 13.2 Å². The maximum Gasteiger partial charge on any atom is 0.450 e. The highest BCUT2D eigenvalue weighted by Gasteiger charge is 2.39. The first-order chi connectivity index (χ1) is 6.27. The largest absolute Gasteiger partial charge is 0.469 e. The molecule has 0 bridgehead atoms. The van der Waals surface area contributed by atoms with Gasteiger partial charge >= 0.3 is 12.1 Å². The average molecular weight is 212 g/mol. The van der Waals surface area contributed by atoms with Crippen LogP contribution in [0.3, 0.4) is 0 Å². The Labute approximate surface area is 77.0 Å². The summed E-state index contributed by atoms with van der Waals surface area (Å²) in [7, 11) is 0.987. The van der Waals surface area contributed by atoms with Gasteiger partial charge < -0.3 is 4.74 Å². The standard InChI is InChI=1S/C7H7F3O4/c1-14-6(13)3-4(11)2-5(12)7(8,9)10/h2-3H2,1H3. The van der Waals surface area contributed by atoms with Gasteiger partial charge in [-0.1, -0.05) is 0 Å². The highest BCUT2D eigenvalue weighted by molar-refractivity contribution is 6.07. The quantitative estimate of drug-likeness (QED) is 0.506. The van der Waals surface area contributed by atoms with Gasteiger partial charge in [-0.15, -0.1) is 0 Å². The van der Waals surface area contributed by atoms with Crippen molar-refractivity contribution in [2.75, 3.05) is 7.11 Å². The van der Waals surface area contributed by atoms with Crippen LogP contribution in [0, 0.1) is 0 Å². The average Bonchev–Trinajstić information content (AvgIpc) is 2.02. The zero-order chi connectivity index (χ0) is 11.4. The number of esters is 1. The Morgan fingerprint density at radius 1 is 1.14 bits per heavy atom. The zero-order valence-electron chi connectivity index (χ0n) is 7.18. The van der Waals surface area contributed by atoms with Crippen molar-refractivity contribution in [3.05, 3.63) is 0 Å². The number of hydrogen-bond acceptors (Lipinski definition) is 4. The summed E-state index contributed by atoms with van der Waals surface area (Å²) in [4.78, 5) is 31.3. The van der Waals surface area contributed by atoms with Gasteiger partial charge in [0.1, 0.15) is 6.42 Å². The fourth-order valence-corrected chi connectivity index (χ4v) is 0.575. The summed E-state index contributed by atoms with van der Waals surface area (Å²) < 4.78 is 38.9. The molecule has 0 aliphatic carbocycles. The molecular formula is C7H7F3O4. The molecule has 0 fully saturated rings. The molecule has 0 aliphatic rings. The van der Waals surface area contributed by atoms with E-state index in [-0.39, 0.29) is 0 Å². The Hall–Kier alpha value is -1.40. The van der Waals surface area contributed by atoms with E-state index < -0.39 is 36.6 Å². The summed E-state index contributed by atoms with van der Waals surface area (Å²) in [5.74, 6) is -4.24. The van der Waals surface area contributed by atoms with Gasteiger partial charge in [-0.05, 0) is 0 Å². The minimum atomic E-state index is -5.04. The molecule has 0 aromatic heterocycles. The Balaban J connectivity index is 4.09. The molecule has 0 aromatic rings. The van der Waals surface area contributed by atoms with Crippen LogP contribution in [0.25, 0.3) is 0 Å². The Morgan fingerprint density at radius 3 is 2.00 bits per heavy atom. The lowest BCUT2D eigenvalue weighted by atomic mass is 10.1. The Morgan fingerprint density at radius 2 is 1.64 bits per heavy atom. The minimum Gasteiger partial charge on any atom is -0.469 e. The summed E-state index contributed by atoms with van der Waals surface area (Å²) in [6.07, 6.45) is -7.18. The number of carbonyl (C=O) groups excluding carboxylic acids is 3. The lowest BCUT2D eigenvalue weighted by Gasteiger charge is -2.03. The molecule has 0 rings (SSSR count). The van der Waals surface area contributed by atoms with Crippen LogP contribution in [0.2, 0.25) is 0 Å². The number of carbonyl (C=O) groups is 3. The van der Waals surface area contributed by atoms with Crippen molar-refractivity contribution in [3.63, 3.8) is 0 Å². The maximum absolute atomic E-state index is 11.6. The predicted molar refractivity (Wildman–Crippen MR) is 37.3 cm³/mol. The molecular weight excluding hydrogens is 205 g/mol. The second-order valence-corrected chi connectivity index (χ2v) is 2.39. The molecule has 0 amide bonds. The van der Waals surface area contributed by atoms with Crippen molar-refractivity contribution in [2.24, 2.45) is 0 Å². The van der Waals surface area contributed by atoms with Crippen LogP contribution in [0.5, 0.6) is 0 Å². The number of methoxy groups -OCH3 is 1. The van der Waals surface area contributed by atoms with E-state index in [1.54, 1.807) is 0 Å². The van der Waals surface area contributed by atoms with Crippen LogP contribution in [0.15, 0.2) is 0 Å². The number of ketones is 2. The fourth-order valence-electron chi connectivity index (χ4n) is 0.575. The van der Waals surface area contributed by atoms with E-state index in [9.17, 15) is 27.6 Å². The minimum absolute atomic E-state index is 0.821. The first-order valence-corrected chi connectivity index (χ1v) is 3.46. The molecule has 0 radical (unpaired) electrons. The van der Waals surface area contributed by atoms with E-state index in [1.807, 2.05) is 0 Å². The summed E-state index contributed by atoms with van der Waals surface area (Å²) in [5.41, 5.74) is 0. The van der Waals surface area contributed by atoms with Crippen LogP contribution in [-0.2, 0) is 19.1 Å². The van der Waals surface area contributed by atoms with E-state index in [0.717, 1.165) is 7.11 Å². The number of hydrogen-bond donors (Lipinski definition) is 0. The van der Waals surface area contributed by atoms with Gasteiger partial charge in [-0.3, -0.25) is 14.4 Å². The van der Waals surface area contributed by atoms with E-state index in [1.165, 1.54) is 0 Å². The molecule has 0 aliphatic heterocycles. The molecule has 0 unspecified atom stereocenters. The van der Waals surface area contributed by atoms with Gasteiger partial charge in [-0.25, -0.2) is 0 Å². The molecule has 7 heteroatoms.